The van der Waals surface area contributed by atoms with Crippen molar-refractivity contribution in [2.24, 2.45) is 17.3 Å². The summed E-state index contributed by atoms with van der Waals surface area (Å²) in [5, 5.41) is 14.7. The molecular formula is C48H54N2O8. The highest BCUT2D eigenvalue weighted by Crippen LogP contribution is 2.60. The number of carbonyl (C=O) groups is 3. The Morgan fingerprint density at radius 3 is 2.40 bits per heavy atom. The maximum absolute atomic E-state index is 13.9. The Hall–Kier alpha value is -4.61. The number of allylic oxidation sites excluding steroid dienone is 1. The zero-order valence-electron chi connectivity index (χ0n) is 33.6. The number of aliphatic hydroxyl groups is 1. The van der Waals surface area contributed by atoms with Crippen molar-refractivity contribution < 1.29 is 38.4 Å². The molecule has 10 heteroatoms. The minimum Gasteiger partial charge on any atom is -0.456 e. The summed E-state index contributed by atoms with van der Waals surface area (Å²) in [6, 6.07) is 22.8. The van der Waals surface area contributed by atoms with Gasteiger partial charge in [-0.15, -0.1) is 0 Å². The van der Waals surface area contributed by atoms with Gasteiger partial charge in [0.1, 0.15) is 18.3 Å². The molecule has 2 amide bonds. The van der Waals surface area contributed by atoms with Gasteiger partial charge in [0.2, 0.25) is 5.91 Å². The van der Waals surface area contributed by atoms with Gasteiger partial charge < -0.3 is 34.7 Å². The Morgan fingerprint density at radius 1 is 0.879 bits per heavy atom. The summed E-state index contributed by atoms with van der Waals surface area (Å²) in [5.74, 6) is -0.774. The topological polar surface area (TPSA) is 136 Å². The van der Waals surface area contributed by atoms with Crippen molar-refractivity contribution in [3.8, 4) is 0 Å². The number of nitrogens with one attached hydrogen (secondary N) is 2. The minimum absolute atomic E-state index is 0.0412. The van der Waals surface area contributed by atoms with Gasteiger partial charge >= 0.3 is 5.97 Å². The first kappa shape index (κ1) is 38.9. The fourth-order valence-electron chi connectivity index (χ4n) is 10.4. The first-order chi connectivity index (χ1) is 27.9. The molecular weight excluding hydrogens is 733 g/mol. The second-order valence-electron chi connectivity index (χ2n) is 18.1. The van der Waals surface area contributed by atoms with Crippen molar-refractivity contribution in [3.63, 3.8) is 0 Å². The van der Waals surface area contributed by atoms with E-state index in [0.29, 0.717) is 52.9 Å². The molecule has 4 aliphatic carbocycles. The Balaban J connectivity index is 0.904. The van der Waals surface area contributed by atoms with Crippen LogP contribution in [0.5, 0.6) is 0 Å². The van der Waals surface area contributed by atoms with Crippen LogP contribution in [0.3, 0.4) is 0 Å². The second-order valence-corrected chi connectivity index (χ2v) is 18.1. The average Bonchev–Trinajstić information content (AvgIpc) is 3.50. The van der Waals surface area contributed by atoms with Gasteiger partial charge in [0.25, 0.3) is 5.91 Å². The second kappa shape index (κ2) is 15.2. The number of carbonyl (C=O) groups excluding carboxylic acids is 3. The molecule has 4 fully saturated rings. The van der Waals surface area contributed by atoms with Crippen LogP contribution in [0.4, 0.5) is 0 Å². The zero-order chi connectivity index (χ0) is 40.2. The van der Waals surface area contributed by atoms with Gasteiger partial charge in [0, 0.05) is 43.5 Å². The van der Waals surface area contributed by atoms with Crippen LogP contribution in [0.15, 0.2) is 90.0 Å². The predicted octanol–water partition coefficient (Wildman–Crippen LogP) is 6.64. The highest BCUT2D eigenvalue weighted by atomic mass is 16.8. The summed E-state index contributed by atoms with van der Waals surface area (Å²) in [7, 11) is 0. The van der Waals surface area contributed by atoms with E-state index < -0.39 is 30.1 Å². The molecule has 10 nitrogen and oxygen atoms in total. The van der Waals surface area contributed by atoms with Crippen LogP contribution in [0.25, 0.3) is 6.08 Å². The van der Waals surface area contributed by atoms with Crippen molar-refractivity contribution in [1.82, 2.24) is 10.6 Å². The predicted molar refractivity (Wildman–Crippen MR) is 217 cm³/mol. The molecule has 2 heterocycles. The maximum atomic E-state index is 13.9. The number of hydrogen-bond donors (Lipinski definition) is 3. The lowest BCUT2D eigenvalue weighted by Crippen LogP contribution is -2.45. The van der Waals surface area contributed by atoms with Gasteiger partial charge in [-0.25, -0.2) is 4.79 Å². The first-order valence-corrected chi connectivity index (χ1v) is 21.0. The zero-order valence-corrected chi connectivity index (χ0v) is 33.6. The number of fused-ring (bicyclic) bond motifs is 4. The number of benzene rings is 3. The van der Waals surface area contributed by atoms with Gasteiger partial charge in [-0.05, 0) is 109 Å². The highest BCUT2D eigenvalue weighted by Gasteiger charge is 2.57. The molecule has 0 radical (unpaired) electrons. The van der Waals surface area contributed by atoms with Crippen LogP contribution >= 0.6 is 0 Å². The SMILES string of the molecule is CC1(C)C[C@@H]2C(=Cc3ccc(C(=O)O[C@@H]4CC(C(=O)NCc5cccc(C(=O)NCCO)c5)=C[C@H]5OC6(Cc7ccccc7C6)O[C@H]54)cc3)CCC3O[C@]3(C)CC[C@H]21. The Kier molecular flexibility index (Phi) is 10.2. The average molecular weight is 787 g/mol. The van der Waals surface area contributed by atoms with Gasteiger partial charge in [-0.3, -0.25) is 9.59 Å². The number of hydrogen-bond acceptors (Lipinski definition) is 8. The van der Waals surface area contributed by atoms with Crippen molar-refractivity contribution in [2.45, 2.75) is 114 Å². The quantitative estimate of drug-likeness (QED) is 0.163. The van der Waals surface area contributed by atoms with Crippen molar-refractivity contribution in [1.29, 1.82) is 0 Å². The molecule has 1 spiro atoms. The summed E-state index contributed by atoms with van der Waals surface area (Å²) >= 11 is 0. The van der Waals surface area contributed by atoms with Crippen LogP contribution < -0.4 is 10.6 Å². The lowest BCUT2D eigenvalue weighted by molar-refractivity contribution is -0.172. The third-order valence-electron chi connectivity index (χ3n) is 13.7. The fourth-order valence-corrected chi connectivity index (χ4v) is 10.4. The van der Waals surface area contributed by atoms with Gasteiger partial charge in [-0.2, -0.15) is 0 Å². The molecule has 3 aromatic carbocycles. The minimum atomic E-state index is -0.909. The number of aliphatic hydroxyl groups excluding tert-OH is 1. The monoisotopic (exact) mass is 786 g/mol. The van der Waals surface area contributed by atoms with Crippen LogP contribution in [-0.4, -0.2) is 71.8 Å². The Bertz CT molecular complexity index is 2130. The third kappa shape index (κ3) is 7.68. The lowest BCUT2D eigenvalue weighted by atomic mass is 9.52. The number of esters is 1. The van der Waals surface area contributed by atoms with Gasteiger partial charge in [0.15, 0.2) is 5.79 Å². The van der Waals surface area contributed by atoms with Gasteiger partial charge in [0.05, 0.1) is 23.9 Å². The summed E-state index contributed by atoms with van der Waals surface area (Å²) in [4.78, 5) is 40.1. The van der Waals surface area contributed by atoms with Crippen LogP contribution in [0, 0.1) is 17.3 Å². The van der Waals surface area contributed by atoms with E-state index in [-0.39, 0.29) is 43.5 Å². The molecule has 0 aromatic heterocycles. The van der Waals surface area contributed by atoms with Crippen molar-refractivity contribution in [2.75, 3.05) is 13.2 Å². The summed E-state index contributed by atoms with van der Waals surface area (Å²) in [5.41, 5.74) is 7.30. The fraction of sp³-hybridized carbons (Fsp3) is 0.479. The maximum Gasteiger partial charge on any atom is 0.338 e. The molecule has 2 saturated heterocycles. The molecule has 0 bridgehead atoms. The summed E-state index contributed by atoms with van der Waals surface area (Å²) in [6.45, 7) is 7.26. The Morgan fingerprint density at radius 2 is 1.66 bits per heavy atom. The molecule has 9 rings (SSSR count). The van der Waals surface area contributed by atoms with Crippen LogP contribution in [-0.2, 0) is 43.1 Å². The highest BCUT2D eigenvalue weighted by molar-refractivity contribution is 5.95. The Labute approximate surface area is 340 Å². The van der Waals surface area contributed by atoms with Crippen molar-refractivity contribution >= 4 is 23.9 Å². The molecule has 304 valence electrons. The van der Waals surface area contributed by atoms with Crippen molar-refractivity contribution in [3.05, 3.63) is 123 Å². The number of ether oxygens (including phenoxy) is 4. The molecule has 2 saturated carbocycles. The summed E-state index contributed by atoms with van der Waals surface area (Å²) < 4.78 is 25.8. The van der Waals surface area contributed by atoms with E-state index in [1.54, 1.807) is 18.2 Å². The molecule has 1 unspecified atom stereocenters. The van der Waals surface area contributed by atoms with E-state index >= 15 is 0 Å². The summed E-state index contributed by atoms with van der Waals surface area (Å²) in [6.07, 6.45) is 9.42. The normalized spacial score (nSPS) is 30.6. The lowest BCUT2D eigenvalue weighted by Gasteiger charge is -2.53. The van der Waals surface area contributed by atoms with E-state index in [1.165, 1.54) is 18.4 Å². The number of amides is 2. The molecule has 58 heavy (non-hydrogen) atoms. The van der Waals surface area contributed by atoms with E-state index in [9.17, 15) is 14.4 Å². The largest absolute Gasteiger partial charge is 0.456 e. The molecule has 7 atom stereocenters. The third-order valence-corrected chi connectivity index (χ3v) is 13.7. The van der Waals surface area contributed by atoms with E-state index in [2.05, 4.69) is 49.6 Å². The number of epoxide rings is 1. The molecule has 6 aliphatic rings. The van der Waals surface area contributed by atoms with E-state index in [4.69, 9.17) is 24.1 Å². The number of rotatable bonds is 9. The van der Waals surface area contributed by atoms with E-state index in [0.717, 1.165) is 41.5 Å². The van der Waals surface area contributed by atoms with Gasteiger partial charge in [-0.1, -0.05) is 74.0 Å². The first-order valence-electron chi connectivity index (χ1n) is 21.0. The standard InChI is InChI=1S/C48H54N2O8/c1-46(2)27-37-32(15-16-41-47(3,57-41)18-17-38(37)46)21-29-11-13-31(14-12-29)45(54)55-39-23-36(44(53)50-28-30-7-6-10-33(22-30)43(52)49-19-20-51)24-40-42(39)58-48(56-40)25-34-8-4-5-9-35(34)26-48/h4-14,21-22,24,37-42,51H,15-20,23,25-28H2,1-3H3,(H,49,52)(H,50,53)/t37-,38-,39-,40-,41?,42+,47-/m1/s1. The smallest absolute Gasteiger partial charge is 0.338 e. The van der Waals surface area contributed by atoms with E-state index in [1.807, 2.05) is 48.5 Å². The molecule has 3 aromatic rings. The molecule has 3 N–H and O–H groups in total. The molecule has 2 aliphatic heterocycles. The van der Waals surface area contributed by atoms with Crippen LogP contribution in [0.2, 0.25) is 0 Å². The van der Waals surface area contributed by atoms with Crippen LogP contribution in [0.1, 0.15) is 102 Å².